The number of para-hydroxylation sites is 1. The molecule has 1 atom stereocenters. The maximum Gasteiger partial charge on any atom is 0.321 e. The fourth-order valence-corrected chi connectivity index (χ4v) is 3.82. The fraction of sp³-hybridized carbons (Fsp3) is 0.632. The van der Waals surface area contributed by atoms with E-state index in [4.69, 9.17) is 0 Å². The number of anilines is 1. The van der Waals surface area contributed by atoms with Gasteiger partial charge in [-0.15, -0.1) is 0 Å². The number of amides is 2. The van der Waals surface area contributed by atoms with Crippen LogP contribution in [0.1, 0.15) is 44.1 Å². The van der Waals surface area contributed by atoms with Crippen LogP contribution < -0.4 is 5.32 Å². The number of likely N-dealkylation sites (tertiary alicyclic amines) is 1. The largest absolute Gasteiger partial charge is 0.391 e. The SMILES string of the molecule is CN(Cc1ccccc1NC(=O)N1CC[C@H](O)C1)C1CCCCC1. The zero-order valence-electron chi connectivity index (χ0n) is 14.6. The molecule has 132 valence electrons. The molecule has 1 saturated heterocycles. The molecular weight excluding hydrogens is 302 g/mol. The quantitative estimate of drug-likeness (QED) is 0.891. The average Bonchev–Trinajstić information content (AvgIpc) is 3.04. The fourth-order valence-electron chi connectivity index (χ4n) is 3.82. The van der Waals surface area contributed by atoms with Crippen LogP contribution in [0.3, 0.4) is 0 Å². The van der Waals surface area contributed by atoms with Crippen LogP contribution in [0.15, 0.2) is 24.3 Å². The summed E-state index contributed by atoms with van der Waals surface area (Å²) in [5.41, 5.74) is 2.03. The minimum absolute atomic E-state index is 0.112. The van der Waals surface area contributed by atoms with Crippen LogP contribution in [-0.4, -0.2) is 53.2 Å². The Bertz CT molecular complexity index is 557. The van der Waals surface area contributed by atoms with Gasteiger partial charge in [-0.2, -0.15) is 0 Å². The number of aliphatic hydroxyl groups excluding tert-OH is 1. The lowest BCUT2D eigenvalue weighted by atomic mass is 9.94. The molecule has 1 aromatic carbocycles. The molecule has 1 aromatic rings. The molecule has 2 aliphatic rings. The highest BCUT2D eigenvalue weighted by Crippen LogP contribution is 2.25. The number of urea groups is 1. The van der Waals surface area contributed by atoms with E-state index in [1.807, 2.05) is 18.2 Å². The van der Waals surface area contributed by atoms with Crippen molar-refractivity contribution < 1.29 is 9.90 Å². The molecule has 2 amide bonds. The van der Waals surface area contributed by atoms with Gasteiger partial charge in [-0.05, 0) is 37.9 Å². The van der Waals surface area contributed by atoms with Crippen LogP contribution in [0.5, 0.6) is 0 Å². The predicted octanol–water partition coefficient (Wildman–Crippen LogP) is 3.05. The number of nitrogens with zero attached hydrogens (tertiary/aromatic N) is 2. The first-order valence-electron chi connectivity index (χ1n) is 9.15. The Balaban J connectivity index is 1.63. The molecule has 0 radical (unpaired) electrons. The molecule has 0 bridgehead atoms. The molecular formula is C19H29N3O2. The summed E-state index contributed by atoms with van der Waals surface area (Å²) >= 11 is 0. The van der Waals surface area contributed by atoms with Gasteiger partial charge in [0.1, 0.15) is 0 Å². The first-order valence-corrected chi connectivity index (χ1v) is 9.15. The van der Waals surface area contributed by atoms with Gasteiger partial charge in [0.15, 0.2) is 0 Å². The summed E-state index contributed by atoms with van der Waals surface area (Å²) in [6.07, 6.45) is 6.84. The zero-order valence-corrected chi connectivity index (χ0v) is 14.6. The lowest BCUT2D eigenvalue weighted by Crippen LogP contribution is -2.35. The molecule has 2 fully saturated rings. The number of nitrogens with one attached hydrogen (secondary N) is 1. The Morgan fingerprint density at radius 2 is 2.00 bits per heavy atom. The maximum absolute atomic E-state index is 12.4. The topological polar surface area (TPSA) is 55.8 Å². The van der Waals surface area contributed by atoms with Crippen LogP contribution in [-0.2, 0) is 6.54 Å². The van der Waals surface area contributed by atoms with E-state index in [0.29, 0.717) is 25.6 Å². The second-order valence-corrected chi connectivity index (χ2v) is 7.18. The van der Waals surface area contributed by atoms with Gasteiger partial charge in [0.05, 0.1) is 6.10 Å². The number of carbonyl (C=O) groups excluding carboxylic acids is 1. The molecule has 5 nitrogen and oxygen atoms in total. The number of carbonyl (C=O) groups is 1. The van der Waals surface area contributed by atoms with Crippen molar-refractivity contribution in [1.29, 1.82) is 0 Å². The smallest absolute Gasteiger partial charge is 0.321 e. The highest BCUT2D eigenvalue weighted by atomic mass is 16.3. The Morgan fingerprint density at radius 3 is 2.71 bits per heavy atom. The Hall–Kier alpha value is -1.59. The summed E-state index contributed by atoms with van der Waals surface area (Å²) in [4.78, 5) is 16.5. The van der Waals surface area contributed by atoms with Gasteiger partial charge < -0.3 is 15.3 Å². The molecule has 3 rings (SSSR count). The third kappa shape index (κ3) is 4.28. The number of benzene rings is 1. The zero-order chi connectivity index (χ0) is 16.9. The molecule has 1 aliphatic heterocycles. The van der Waals surface area contributed by atoms with Crippen molar-refractivity contribution in [3.05, 3.63) is 29.8 Å². The van der Waals surface area contributed by atoms with Crippen LogP contribution in [0.2, 0.25) is 0 Å². The molecule has 2 N–H and O–H groups in total. The first kappa shape index (κ1) is 17.2. The standard InChI is InChI=1S/C19H29N3O2/c1-21(16-8-3-2-4-9-16)13-15-7-5-6-10-18(15)20-19(24)22-12-11-17(23)14-22/h5-7,10,16-17,23H,2-4,8-9,11-14H2,1H3,(H,20,24)/t17-/m0/s1. The molecule has 1 heterocycles. The van der Waals surface area contributed by atoms with E-state index in [1.54, 1.807) is 4.90 Å². The first-order chi connectivity index (χ1) is 11.6. The van der Waals surface area contributed by atoms with E-state index >= 15 is 0 Å². The monoisotopic (exact) mass is 331 g/mol. The summed E-state index contributed by atoms with van der Waals surface area (Å²) in [5, 5.41) is 12.6. The van der Waals surface area contributed by atoms with Crippen molar-refractivity contribution in [1.82, 2.24) is 9.80 Å². The van der Waals surface area contributed by atoms with E-state index in [1.165, 1.54) is 32.1 Å². The number of rotatable bonds is 4. The Labute approximate surface area is 144 Å². The number of β-amino-alcohol motifs (C(OH)–C–C–N with tert-alkyl or cyclic N) is 1. The van der Waals surface area contributed by atoms with Crippen LogP contribution >= 0.6 is 0 Å². The average molecular weight is 331 g/mol. The lowest BCUT2D eigenvalue weighted by Gasteiger charge is -2.31. The summed E-state index contributed by atoms with van der Waals surface area (Å²) in [6.45, 7) is 1.90. The van der Waals surface area contributed by atoms with Crippen molar-refractivity contribution in [2.45, 2.75) is 57.2 Å². The third-order valence-corrected chi connectivity index (χ3v) is 5.33. The molecule has 1 saturated carbocycles. The third-order valence-electron chi connectivity index (χ3n) is 5.33. The van der Waals surface area contributed by atoms with Crippen molar-refractivity contribution in [3.8, 4) is 0 Å². The van der Waals surface area contributed by atoms with E-state index in [-0.39, 0.29) is 12.1 Å². The molecule has 24 heavy (non-hydrogen) atoms. The van der Waals surface area contributed by atoms with E-state index in [9.17, 15) is 9.90 Å². The van der Waals surface area contributed by atoms with E-state index in [0.717, 1.165) is 17.8 Å². The predicted molar refractivity (Wildman–Crippen MR) is 96.0 cm³/mol. The van der Waals surface area contributed by atoms with E-state index in [2.05, 4.69) is 23.3 Å². The summed E-state index contributed by atoms with van der Waals surface area (Å²) in [7, 11) is 2.19. The number of aliphatic hydroxyl groups is 1. The van der Waals surface area contributed by atoms with Gasteiger partial charge in [-0.1, -0.05) is 37.5 Å². The van der Waals surface area contributed by atoms with Crippen LogP contribution in [0.4, 0.5) is 10.5 Å². The van der Waals surface area contributed by atoms with Crippen LogP contribution in [0.25, 0.3) is 0 Å². The number of hydrogen-bond donors (Lipinski definition) is 2. The Morgan fingerprint density at radius 1 is 1.25 bits per heavy atom. The van der Waals surface area contributed by atoms with Gasteiger partial charge in [0.2, 0.25) is 0 Å². The highest BCUT2D eigenvalue weighted by molar-refractivity contribution is 5.90. The molecule has 5 heteroatoms. The summed E-state index contributed by atoms with van der Waals surface area (Å²) in [6, 6.07) is 8.58. The summed E-state index contributed by atoms with van der Waals surface area (Å²) in [5.74, 6) is 0. The van der Waals surface area contributed by atoms with Gasteiger partial charge in [-0.3, -0.25) is 4.90 Å². The van der Waals surface area contributed by atoms with Crippen molar-refractivity contribution in [2.75, 3.05) is 25.5 Å². The van der Waals surface area contributed by atoms with Crippen molar-refractivity contribution in [3.63, 3.8) is 0 Å². The number of hydrogen-bond acceptors (Lipinski definition) is 3. The minimum Gasteiger partial charge on any atom is -0.391 e. The summed E-state index contributed by atoms with van der Waals surface area (Å²) < 4.78 is 0. The normalized spacial score (nSPS) is 22.1. The lowest BCUT2D eigenvalue weighted by molar-refractivity contribution is 0.176. The second kappa shape index (κ2) is 7.99. The molecule has 0 aromatic heterocycles. The van der Waals surface area contributed by atoms with Crippen molar-refractivity contribution in [2.24, 2.45) is 0 Å². The molecule has 0 spiro atoms. The van der Waals surface area contributed by atoms with Crippen molar-refractivity contribution >= 4 is 11.7 Å². The maximum atomic E-state index is 12.4. The highest BCUT2D eigenvalue weighted by Gasteiger charge is 2.25. The molecule has 0 unspecified atom stereocenters. The minimum atomic E-state index is -0.386. The van der Waals surface area contributed by atoms with Gasteiger partial charge in [0.25, 0.3) is 0 Å². The van der Waals surface area contributed by atoms with Gasteiger partial charge in [-0.25, -0.2) is 4.79 Å². The van der Waals surface area contributed by atoms with E-state index < -0.39 is 0 Å². The van der Waals surface area contributed by atoms with Crippen LogP contribution in [0, 0.1) is 0 Å². The molecule has 1 aliphatic carbocycles. The Kier molecular flexibility index (Phi) is 5.74. The van der Waals surface area contributed by atoms with Gasteiger partial charge >= 0.3 is 6.03 Å². The second-order valence-electron chi connectivity index (χ2n) is 7.18. The van der Waals surface area contributed by atoms with Gasteiger partial charge in [0, 0.05) is 31.4 Å².